The lowest BCUT2D eigenvalue weighted by Crippen LogP contribution is -2.42. The molecule has 2 aliphatic rings. The molecule has 0 aromatic carbocycles. The van der Waals surface area contributed by atoms with Gasteiger partial charge in [0.15, 0.2) is 11.4 Å². The fourth-order valence-corrected chi connectivity index (χ4v) is 3.05. The first-order valence-electron chi connectivity index (χ1n) is 7.16. The third-order valence-corrected chi connectivity index (χ3v) is 4.56. The van der Waals surface area contributed by atoms with E-state index in [1.54, 1.807) is 6.92 Å². The number of carboxylic acid groups (broad SMARTS) is 1. The van der Waals surface area contributed by atoms with Gasteiger partial charge in [0.2, 0.25) is 0 Å². The van der Waals surface area contributed by atoms with Crippen molar-refractivity contribution in [2.75, 3.05) is 0 Å². The quantitative estimate of drug-likeness (QED) is 0.616. The fourth-order valence-electron chi connectivity index (χ4n) is 3.05. The summed E-state index contributed by atoms with van der Waals surface area (Å²) in [6.07, 6.45) is 4.50. The van der Waals surface area contributed by atoms with Crippen LogP contribution >= 0.6 is 0 Å². The van der Waals surface area contributed by atoms with E-state index in [-0.39, 0.29) is 11.7 Å². The molecule has 0 aliphatic heterocycles. The monoisotopic (exact) mass is 288 g/mol. The number of aliphatic hydroxyl groups is 1. The Morgan fingerprint density at radius 1 is 1.57 bits per heavy atom. The Labute approximate surface area is 124 Å². The molecule has 0 saturated heterocycles. The summed E-state index contributed by atoms with van der Waals surface area (Å²) in [6, 6.07) is 0. The maximum Gasteiger partial charge on any atom is 0.329 e. The molecule has 0 radical (unpaired) electrons. The van der Waals surface area contributed by atoms with E-state index in [0.29, 0.717) is 24.0 Å². The number of allylic oxidation sites excluding steroid dienone is 2. The van der Waals surface area contributed by atoms with Gasteiger partial charge in [-0.3, -0.25) is 4.79 Å². The van der Waals surface area contributed by atoms with Crippen molar-refractivity contribution in [3.8, 4) is 11.8 Å². The lowest BCUT2D eigenvalue weighted by molar-refractivity contribution is -0.131. The number of carbonyl (C=O) groups excluding carboxylic acids is 1. The molecule has 1 saturated carbocycles. The number of aliphatic carboxylic acids is 1. The molecule has 2 rings (SSSR count). The molecule has 0 heterocycles. The van der Waals surface area contributed by atoms with Gasteiger partial charge in [0, 0.05) is 23.0 Å². The zero-order valence-electron chi connectivity index (χ0n) is 12.6. The van der Waals surface area contributed by atoms with Crippen LogP contribution in [0.5, 0.6) is 0 Å². The molecule has 0 amide bonds. The molecular formula is C17H20O4. The number of hydrogen-bond acceptors (Lipinski definition) is 3. The minimum Gasteiger partial charge on any atom is -0.478 e. The van der Waals surface area contributed by atoms with Crippen LogP contribution < -0.4 is 0 Å². The smallest absolute Gasteiger partial charge is 0.329 e. The largest absolute Gasteiger partial charge is 0.478 e. The van der Waals surface area contributed by atoms with Crippen LogP contribution in [0.15, 0.2) is 23.3 Å². The van der Waals surface area contributed by atoms with Gasteiger partial charge < -0.3 is 10.2 Å². The Bertz CT molecular complexity index is 616. The summed E-state index contributed by atoms with van der Waals surface area (Å²) in [5, 5.41) is 19.8. The third-order valence-electron chi connectivity index (χ3n) is 4.56. The lowest BCUT2D eigenvalue weighted by atomic mass is 9.74. The number of carboxylic acids is 1. The summed E-state index contributed by atoms with van der Waals surface area (Å²) < 4.78 is 0. The van der Waals surface area contributed by atoms with Crippen LogP contribution in [0.4, 0.5) is 0 Å². The van der Waals surface area contributed by atoms with E-state index in [1.165, 1.54) is 6.08 Å². The second kappa shape index (κ2) is 5.16. The molecule has 4 nitrogen and oxygen atoms in total. The van der Waals surface area contributed by atoms with E-state index in [0.717, 1.165) is 12.5 Å². The second-order valence-electron chi connectivity index (χ2n) is 6.12. The molecule has 0 spiro atoms. The van der Waals surface area contributed by atoms with E-state index in [9.17, 15) is 14.7 Å². The summed E-state index contributed by atoms with van der Waals surface area (Å²) >= 11 is 0. The number of rotatable bonds is 3. The minimum atomic E-state index is -1.35. The normalized spacial score (nSPS) is 34.5. The number of ketones is 1. The van der Waals surface area contributed by atoms with Gasteiger partial charge in [-0.2, -0.15) is 0 Å². The average Bonchev–Trinajstić information content (AvgIpc) is 3.08. The maximum absolute atomic E-state index is 11.8. The Kier molecular flexibility index (Phi) is 3.81. The van der Waals surface area contributed by atoms with Gasteiger partial charge >= 0.3 is 5.97 Å². The third kappa shape index (κ3) is 2.54. The van der Waals surface area contributed by atoms with Crippen molar-refractivity contribution in [1.82, 2.24) is 0 Å². The van der Waals surface area contributed by atoms with E-state index in [2.05, 4.69) is 11.8 Å². The Hall–Kier alpha value is -1.86. The van der Waals surface area contributed by atoms with Crippen molar-refractivity contribution in [2.24, 2.45) is 11.3 Å². The zero-order chi connectivity index (χ0) is 15.8. The molecule has 3 atom stereocenters. The standard InChI is InChI=1S/C17H20O4/c1-4-5-12(9-15(19)20)6-7-17(21)11(2)8-14(18)13-10-16(13,17)3/h8-9,13,21H,4-5,10H2,1-3H3,(H,19,20)/b12-9-. The van der Waals surface area contributed by atoms with E-state index < -0.39 is 17.0 Å². The first kappa shape index (κ1) is 15.5. The highest BCUT2D eigenvalue weighted by atomic mass is 16.4. The summed E-state index contributed by atoms with van der Waals surface area (Å²) in [7, 11) is 0. The van der Waals surface area contributed by atoms with Crippen molar-refractivity contribution in [2.45, 2.75) is 45.6 Å². The summed E-state index contributed by atoms with van der Waals surface area (Å²) in [4.78, 5) is 22.6. The Morgan fingerprint density at radius 2 is 2.24 bits per heavy atom. The van der Waals surface area contributed by atoms with Gasteiger partial charge in [-0.1, -0.05) is 32.1 Å². The minimum absolute atomic E-state index is 0.0522. The topological polar surface area (TPSA) is 74.6 Å². The van der Waals surface area contributed by atoms with Crippen LogP contribution in [0, 0.1) is 23.2 Å². The SMILES string of the molecule is CCC/C(C#CC1(O)C(C)=CC(=O)C2CC21C)=C/C(=O)O. The van der Waals surface area contributed by atoms with E-state index in [1.807, 2.05) is 13.8 Å². The highest BCUT2D eigenvalue weighted by molar-refractivity contribution is 5.98. The van der Waals surface area contributed by atoms with Gasteiger partial charge in [-0.05, 0) is 31.4 Å². The molecule has 4 heteroatoms. The predicted octanol–water partition coefficient (Wildman–Crippen LogP) is 2.09. The number of fused-ring (bicyclic) bond motifs is 1. The Morgan fingerprint density at radius 3 is 2.81 bits per heavy atom. The van der Waals surface area contributed by atoms with Gasteiger partial charge in [0.1, 0.15) is 0 Å². The first-order chi connectivity index (χ1) is 9.74. The van der Waals surface area contributed by atoms with E-state index >= 15 is 0 Å². The highest BCUT2D eigenvalue weighted by Crippen LogP contribution is 2.63. The summed E-state index contributed by atoms with van der Waals surface area (Å²) in [5.41, 5.74) is -0.862. The van der Waals surface area contributed by atoms with Gasteiger partial charge in [-0.15, -0.1) is 0 Å². The number of hydrogen-bond donors (Lipinski definition) is 2. The predicted molar refractivity (Wildman–Crippen MR) is 78.3 cm³/mol. The molecule has 3 unspecified atom stereocenters. The van der Waals surface area contributed by atoms with Crippen molar-refractivity contribution in [1.29, 1.82) is 0 Å². The van der Waals surface area contributed by atoms with Gasteiger partial charge in [0.05, 0.1) is 0 Å². The highest BCUT2D eigenvalue weighted by Gasteiger charge is 2.67. The van der Waals surface area contributed by atoms with E-state index in [4.69, 9.17) is 5.11 Å². The maximum atomic E-state index is 11.8. The van der Waals surface area contributed by atoms with Crippen LogP contribution in [0.25, 0.3) is 0 Å². The molecule has 0 aromatic heterocycles. The summed E-state index contributed by atoms with van der Waals surface area (Å²) in [5.74, 6) is 4.51. The van der Waals surface area contributed by atoms with Crippen LogP contribution in [0.3, 0.4) is 0 Å². The average molecular weight is 288 g/mol. The van der Waals surface area contributed by atoms with Crippen LogP contribution in [-0.4, -0.2) is 27.6 Å². The Balaban J connectivity index is 2.38. The van der Waals surface area contributed by atoms with Crippen molar-refractivity contribution in [3.63, 3.8) is 0 Å². The van der Waals surface area contributed by atoms with Crippen molar-refractivity contribution >= 4 is 11.8 Å². The molecule has 2 aliphatic carbocycles. The van der Waals surface area contributed by atoms with Gasteiger partial charge in [0.25, 0.3) is 0 Å². The molecule has 1 fully saturated rings. The second-order valence-corrected chi connectivity index (χ2v) is 6.12. The summed E-state index contributed by atoms with van der Waals surface area (Å²) in [6.45, 7) is 5.50. The molecule has 21 heavy (non-hydrogen) atoms. The molecular weight excluding hydrogens is 268 g/mol. The lowest BCUT2D eigenvalue weighted by Gasteiger charge is -2.34. The first-order valence-corrected chi connectivity index (χ1v) is 7.16. The fraction of sp³-hybridized carbons (Fsp3) is 0.529. The molecule has 0 aromatic rings. The van der Waals surface area contributed by atoms with Gasteiger partial charge in [-0.25, -0.2) is 4.79 Å². The van der Waals surface area contributed by atoms with Crippen molar-refractivity contribution < 1.29 is 19.8 Å². The van der Waals surface area contributed by atoms with Crippen LogP contribution in [0.2, 0.25) is 0 Å². The zero-order valence-corrected chi connectivity index (χ0v) is 12.6. The van der Waals surface area contributed by atoms with Crippen molar-refractivity contribution in [3.05, 3.63) is 23.3 Å². The number of carbonyl (C=O) groups is 2. The molecule has 112 valence electrons. The van der Waals surface area contributed by atoms with Crippen LogP contribution in [0.1, 0.15) is 40.0 Å². The molecule has 2 N–H and O–H groups in total. The van der Waals surface area contributed by atoms with Crippen LogP contribution in [-0.2, 0) is 9.59 Å². The molecule has 0 bridgehead atoms.